The van der Waals surface area contributed by atoms with Gasteiger partial charge < -0.3 is 4.74 Å². The summed E-state index contributed by atoms with van der Waals surface area (Å²) in [5.74, 6) is 0.453. The standard InChI is InChI=1S/C12H10Cl2N2O3S/c1-19-11-3-2-8(6-10(11)14)16-20(17,18)12-7-15-5-4-9(12)13/h2-7,16H,1H3. The highest BCUT2D eigenvalue weighted by atomic mass is 35.5. The lowest BCUT2D eigenvalue weighted by Crippen LogP contribution is -2.13. The molecule has 1 heterocycles. The van der Waals surface area contributed by atoms with Gasteiger partial charge in [-0.25, -0.2) is 8.42 Å². The van der Waals surface area contributed by atoms with E-state index in [4.69, 9.17) is 27.9 Å². The first kappa shape index (κ1) is 14.9. The zero-order valence-electron chi connectivity index (χ0n) is 10.3. The summed E-state index contributed by atoms with van der Waals surface area (Å²) in [4.78, 5) is 3.65. The third-order valence-corrected chi connectivity index (χ3v) is 4.57. The van der Waals surface area contributed by atoms with Crippen LogP contribution in [0.15, 0.2) is 41.6 Å². The molecule has 8 heteroatoms. The minimum atomic E-state index is -3.82. The Morgan fingerprint density at radius 2 is 1.95 bits per heavy atom. The molecule has 1 aromatic heterocycles. The number of benzene rings is 1. The van der Waals surface area contributed by atoms with Crippen molar-refractivity contribution in [2.24, 2.45) is 0 Å². The van der Waals surface area contributed by atoms with Crippen LogP contribution in [0.25, 0.3) is 0 Å². The van der Waals surface area contributed by atoms with Crippen molar-refractivity contribution in [1.29, 1.82) is 0 Å². The second-order valence-corrected chi connectivity index (χ2v) is 6.23. The summed E-state index contributed by atoms with van der Waals surface area (Å²) in [6.07, 6.45) is 2.58. The Labute approximate surface area is 126 Å². The number of aromatic nitrogens is 1. The van der Waals surface area contributed by atoms with Gasteiger partial charge >= 0.3 is 0 Å². The van der Waals surface area contributed by atoms with Crippen LogP contribution in [-0.2, 0) is 10.0 Å². The van der Waals surface area contributed by atoms with Crippen LogP contribution in [0.5, 0.6) is 5.75 Å². The number of hydrogen-bond acceptors (Lipinski definition) is 4. The fourth-order valence-corrected chi connectivity index (χ4v) is 3.24. The minimum Gasteiger partial charge on any atom is -0.495 e. The number of anilines is 1. The van der Waals surface area contributed by atoms with Gasteiger partial charge in [0.25, 0.3) is 10.0 Å². The van der Waals surface area contributed by atoms with Gasteiger partial charge in [-0.2, -0.15) is 0 Å². The molecule has 5 nitrogen and oxygen atoms in total. The van der Waals surface area contributed by atoms with Gasteiger partial charge in [0.2, 0.25) is 0 Å². The summed E-state index contributed by atoms with van der Waals surface area (Å²) < 4.78 is 31.7. The molecule has 1 N–H and O–H groups in total. The topological polar surface area (TPSA) is 68.3 Å². The SMILES string of the molecule is COc1ccc(NS(=O)(=O)c2cnccc2Cl)cc1Cl. The molecule has 0 radical (unpaired) electrons. The Kier molecular flexibility index (Phi) is 4.37. The summed E-state index contributed by atoms with van der Waals surface area (Å²) in [5, 5.41) is 0.386. The number of rotatable bonds is 4. The Bertz CT molecular complexity index is 735. The van der Waals surface area contributed by atoms with E-state index in [9.17, 15) is 8.42 Å². The van der Waals surface area contributed by atoms with Gasteiger partial charge in [-0.15, -0.1) is 0 Å². The Balaban J connectivity index is 2.34. The smallest absolute Gasteiger partial charge is 0.264 e. The van der Waals surface area contributed by atoms with Crippen molar-refractivity contribution < 1.29 is 13.2 Å². The van der Waals surface area contributed by atoms with Gasteiger partial charge in [0, 0.05) is 12.4 Å². The molecule has 2 aromatic rings. The molecule has 0 aliphatic heterocycles. The van der Waals surface area contributed by atoms with Crippen molar-refractivity contribution in [2.45, 2.75) is 4.90 Å². The molecule has 0 atom stereocenters. The average molecular weight is 333 g/mol. The summed E-state index contributed by atoms with van der Waals surface area (Å²) >= 11 is 11.8. The van der Waals surface area contributed by atoms with E-state index in [1.165, 1.54) is 37.7 Å². The average Bonchev–Trinajstić information content (AvgIpc) is 2.38. The molecule has 0 bridgehead atoms. The summed E-state index contributed by atoms with van der Waals surface area (Å²) in [5.41, 5.74) is 0.302. The van der Waals surface area contributed by atoms with Gasteiger partial charge in [0.15, 0.2) is 0 Å². The van der Waals surface area contributed by atoms with Crippen molar-refractivity contribution >= 4 is 38.9 Å². The van der Waals surface area contributed by atoms with Crippen LogP contribution in [0.2, 0.25) is 10.0 Å². The van der Waals surface area contributed by atoms with Crippen LogP contribution in [0.3, 0.4) is 0 Å². The molecule has 1 aromatic carbocycles. The van der Waals surface area contributed by atoms with Gasteiger partial charge in [-0.3, -0.25) is 9.71 Å². The maximum Gasteiger partial charge on any atom is 0.264 e. The largest absolute Gasteiger partial charge is 0.495 e. The van der Waals surface area contributed by atoms with Crippen molar-refractivity contribution in [3.63, 3.8) is 0 Å². The van der Waals surface area contributed by atoms with Crippen LogP contribution in [-0.4, -0.2) is 20.5 Å². The quantitative estimate of drug-likeness (QED) is 0.933. The minimum absolute atomic E-state index is 0.0899. The lowest BCUT2D eigenvalue weighted by Gasteiger charge is -2.10. The number of hydrogen-bond donors (Lipinski definition) is 1. The van der Waals surface area contributed by atoms with Crippen LogP contribution in [0.1, 0.15) is 0 Å². The van der Waals surface area contributed by atoms with Crippen LogP contribution in [0.4, 0.5) is 5.69 Å². The summed E-state index contributed by atoms with van der Waals surface area (Å²) in [7, 11) is -2.35. The lowest BCUT2D eigenvalue weighted by atomic mass is 10.3. The zero-order chi connectivity index (χ0) is 14.8. The van der Waals surface area contributed by atoms with Crippen molar-refractivity contribution in [2.75, 3.05) is 11.8 Å². The first-order valence-electron chi connectivity index (χ1n) is 5.40. The normalized spacial score (nSPS) is 11.2. The number of nitrogens with zero attached hydrogens (tertiary/aromatic N) is 1. The monoisotopic (exact) mass is 332 g/mol. The highest BCUT2D eigenvalue weighted by molar-refractivity contribution is 7.92. The molecule has 0 amide bonds. The van der Waals surface area contributed by atoms with Crippen LogP contribution >= 0.6 is 23.2 Å². The predicted octanol–water partition coefficient (Wildman–Crippen LogP) is 3.20. The molecule has 0 saturated carbocycles. The summed E-state index contributed by atoms with van der Waals surface area (Å²) in [6.45, 7) is 0. The molecule has 0 fully saturated rings. The third kappa shape index (κ3) is 3.15. The van der Waals surface area contributed by atoms with Gasteiger partial charge in [0.1, 0.15) is 10.6 Å². The molecule has 106 valence electrons. The fraction of sp³-hybridized carbons (Fsp3) is 0.0833. The number of sulfonamides is 1. The molecule has 0 aliphatic carbocycles. The third-order valence-electron chi connectivity index (χ3n) is 2.43. The molecule has 2 rings (SSSR count). The Morgan fingerprint density at radius 3 is 2.55 bits per heavy atom. The highest BCUT2D eigenvalue weighted by Gasteiger charge is 2.18. The number of ether oxygens (including phenoxy) is 1. The first-order valence-corrected chi connectivity index (χ1v) is 7.64. The van der Waals surface area contributed by atoms with Gasteiger partial charge in [-0.05, 0) is 24.3 Å². The molecule has 0 unspecified atom stereocenters. The van der Waals surface area contributed by atoms with E-state index in [0.29, 0.717) is 16.5 Å². The van der Waals surface area contributed by atoms with E-state index in [0.717, 1.165) is 0 Å². The predicted molar refractivity (Wildman–Crippen MR) is 78.1 cm³/mol. The van der Waals surface area contributed by atoms with Crippen molar-refractivity contribution in [3.05, 3.63) is 46.7 Å². The Morgan fingerprint density at radius 1 is 1.20 bits per heavy atom. The molecular formula is C12H10Cl2N2O3S. The van der Waals surface area contributed by atoms with Crippen LogP contribution < -0.4 is 9.46 Å². The van der Waals surface area contributed by atoms with E-state index in [2.05, 4.69) is 9.71 Å². The molecule has 0 spiro atoms. The van der Waals surface area contributed by atoms with E-state index in [1.54, 1.807) is 6.07 Å². The van der Waals surface area contributed by atoms with Crippen molar-refractivity contribution in [1.82, 2.24) is 4.98 Å². The highest BCUT2D eigenvalue weighted by Crippen LogP contribution is 2.29. The number of methoxy groups -OCH3 is 1. The second kappa shape index (κ2) is 5.87. The maximum atomic E-state index is 12.2. The molecule has 0 aliphatic rings. The number of nitrogens with one attached hydrogen (secondary N) is 1. The van der Waals surface area contributed by atoms with E-state index in [1.807, 2.05) is 0 Å². The molecule has 20 heavy (non-hydrogen) atoms. The van der Waals surface area contributed by atoms with Crippen molar-refractivity contribution in [3.8, 4) is 5.75 Å². The van der Waals surface area contributed by atoms with E-state index >= 15 is 0 Å². The number of halogens is 2. The van der Waals surface area contributed by atoms with Gasteiger partial charge in [-0.1, -0.05) is 23.2 Å². The second-order valence-electron chi connectivity index (χ2n) is 3.76. The van der Waals surface area contributed by atoms with E-state index in [-0.39, 0.29) is 9.92 Å². The van der Waals surface area contributed by atoms with Crippen LogP contribution in [0, 0.1) is 0 Å². The molecular weight excluding hydrogens is 323 g/mol. The maximum absolute atomic E-state index is 12.2. The molecule has 0 saturated heterocycles. The lowest BCUT2D eigenvalue weighted by molar-refractivity contribution is 0.415. The first-order chi connectivity index (χ1) is 9.44. The summed E-state index contributed by atoms with van der Waals surface area (Å²) in [6, 6.07) is 5.94. The van der Waals surface area contributed by atoms with Gasteiger partial charge in [0.05, 0.1) is 22.8 Å². The fourth-order valence-electron chi connectivity index (χ4n) is 1.50. The Hall–Kier alpha value is -1.50. The number of pyridine rings is 1. The zero-order valence-corrected chi connectivity index (χ0v) is 12.6. The van der Waals surface area contributed by atoms with E-state index < -0.39 is 10.0 Å².